The third kappa shape index (κ3) is 3.74. The highest BCUT2D eigenvalue weighted by Crippen LogP contribution is 2.41. The number of methoxy groups -OCH3 is 3. The quantitative estimate of drug-likeness (QED) is 0.677. The van der Waals surface area contributed by atoms with E-state index < -0.39 is 5.91 Å². The van der Waals surface area contributed by atoms with Gasteiger partial charge < -0.3 is 14.2 Å². The standard InChI is InChI=1S/C19H16ClNO5S/c1-24-14-7-11(8-15(25-2)17(14)26-3)9-16-18(22)21(19(23)27-16)13-6-4-5-12(20)10-13/h4-10H,1-3H3/b16-9-. The number of carbonyl (C=O) groups is 2. The highest BCUT2D eigenvalue weighted by Gasteiger charge is 2.36. The number of amides is 2. The molecule has 0 spiro atoms. The molecular formula is C19H16ClNO5S. The summed E-state index contributed by atoms with van der Waals surface area (Å²) >= 11 is 6.83. The van der Waals surface area contributed by atoms with Crippen molar-refractivity contribution < 1.29 is 23.8 Å². The van der Waals surface area contributed by atoms with Crippen molar-refractivity contribution >= 4 is 46.3 Å². The second-order valence-electron chi connectivity index (χ2n) is 5.46. The number of halogens is 1. The van der Waals surface area contributed by atoms with Crippen LogP contribution in [0.5, 0.6) is 17.2 Å². The minimum atomic E-state index is -0.416. The predicted molar refractivity (Wildman–Crippen MR) is 106 cm³/mol. The molecule has 1 saturated heterocycles. The van der Waals surface area contributed by atoms with Gasteiger partial charge in [-0.05, 0) is 53.7 Å². The van der Waals surface area contributed by atoms with E-state index in [0.717, 1.165) is 16.7 Å². The number of nitrogens with zero attached hydrogens (tertiary/aromatic N) is 1. The van der Waals surface area contributed by atoms with Crippen LogP contribution < -0.4 is 19.1 Å². The van der Waals surface area contributed by atoms with Crippen LogP contribution in [0.4, 0.5) is 10.5 Å². The third-order valence-electron chi connectivity index (χ3n) is 3.84. The molecule has 0 aliphatic carbocycles. The van der Waals surface area contributed by atoms with E-state index in [2.05, 4.69) is 0 Å². The average molecular weight is 406 g/mol. The van der Waals surface area contributed by atoms with Crippen molar-refractivity contribution in [1.82, 2.24) is 0 Å². The summed E-state index contributed by atoms with van der Waals surface area (Å²) in [5, 5.41) is 0.0566. The number of rotatable bonds is 5. The van der Waals surface area contributed by atoms with Gasteiger partial charge in [-0.3, -0.25) is 9.59 Å². The van der Waals surface area contributed by atoms with Gasteiger partial charge in [0.15, 0.2) is 11.5 Å². The molecule has 0 saturated carbocycles. The Balaban J connectivity index is 1.99. The van der Waals surface area contributed by atoms with Gasteiger partial charge in [-0.15, -0.1) is 0 Å². The first-order valence-electron chi connectivity index (χ1n) is 7.82. The molecule has 0 aromatic heterocycles. The zero-order chi connectivity index (χ0) is 19.6. The van der Waals surface area contributed by atoms with E-state index in [1.54, 1.807) is 42.5 Å². The Morgan fingerprint density at radius 3 is 2.22 bits per heavy atom. The lowest BCUT2D eigenvalue weighted by Crippen LogP contribution is -2.27. The smallest absolute Gasteiger partial charge is 0.298 e. The first-order chi connectivity index (χ1) is 13.0. The van der Waals surface area contributed by atoms with Crippen molar-refractivity contribution in [3.8, 4) is 17.2 Å². The molecule has 3 rings (SSSR count). The zero-order valence-corrected chi connectivity index (χ0v) is 16.4. The van der Waals surface area contributed by atoms with Crippen molar-refractivity contribution in [2.45, 2.75) is 0 Å². The Kier molecular flexibility index (Phi) is 5.62. The van der Waals surface area contributed by atoms with Gasteiger partial charge in [-0.25, -0.2) is 4.90 Å². The third-order valence-corrected chi connectivity index (χ3v) is 4.95. The summed E-state index contributed by atoms with van der Waals surface area (Å²) in [6.07, 6.45) is 1.61. The summed E-state index contributed by atoms with van der Waals surface area (Å²) in [4.78, 5) is 26.5. The second-order valence-corrected chi connectivity index (χ2v) is 6.89. The van der Waals surface area contributed by atoms with E-state index >= 15 is 0 Å². The van der Waals surface area contributed by atoms with Crippen molar-refractivity contribution in [1.29, 1.82) is 0 Å². The molecule has 8 heteroatoms. The van der Waals surface area contributed by atoms with Gasteiger partial charge in [0.2, 0.25) is 5.75 Å². The predicted octanol–water partition coefficient (Wildman–Crippen LogP) is 4.61. The van der Waals surface area contributed by atoms with Crippen LogP contribution in [0.15, 0.2) is 41.3 Å². The molecule has 140 valence electrons. The monoisotopic (exact) mass is 405 g/mol. The maximum absolute atomic E-state index is 12.7. The van der Waals surface area contributed by atoms with Gasteiger partial charge in [-0.2, -0.15) is 0 Å². The van der Waals surface area contributed by atoms with E-state index in [0.29, 0.717) is 33.5 Å². The SMILES string of the molecule is COc1cc(/C=C2\SC(=O)N(c3cccc(Cl)c3)C2=O)cc(OC)c1OC. The zero-order valence-electron chi connectivity index (χ0n) is 14.8. The number of thioether (sulfide) groups is 1. The van der Waals surface area contributed by atoms with Crippen LogP contribution in [0.3, 0.4) is 0 Å². The molecular weight excluding hydrogens is 390 g/mol. The van der Waals surface area contributed by atoms with Crippen LogP contribution in [-0.4, -0.2) is 32.5 Å². The fraction of sp³-hybridized carbons (Fsp3) is 0.158. The average Bonchev–Trinajstić information content (AvgIpc) is 2.94. The normalized spacial score (nSPS) is 15.4. The van der Waals surface area contributed by atoms with Crippen molar-refractivity contribution in [2.24, 2.45) is 0 Å². The van der Waals surface area contributed by atoms with Crippen molar-refractivity contribution in [3.63, 3.8) is 0 Å². The van der Waals surface area contributed by atoms with Crippen molar-refractivity contribution in [3.05, 3.63) is 51.9 Å². The molecule has 0 atom stereocenters. The number of ether oxygens (including phenoxy) is 3. The fourth-order valence-corrected chi connectivity index (χ4v) is 3.67. The van der Waals surface area contributed by atoms with Crippen LogP contribution in [0, 0.1) is 0 Å². The number of imide groups is 1. The maximum Gasteiger partial charge on any atom is 0.298 e. The summed E-state index contributed by atoms with van der Waals surface area (Å²) in [5.41, 5.74) is 1.07. The molecule has 1 heterocycles. The summed E-state index contributed by atoms with van der Waals surface area (Å²) < 4.78 is 15.9. The lowest BCUT2D eigenvalue weighted by molar-refractivity contribution is -0.113. The molecule has 1 fully saturated rings. The largest absolute Gasteiger partial charge is 0.493 e. The lowest BCUT2D eigenvalue weighted by atomic mass is 10.1. The number of hydrogen-bond donors (Lipinski definition) is 0. The molecule has 1 aliphatic rings. The topological polar surface area (TPSA) is 65.1 Å². The van der Waals surface area contributed by atoms with Gasteiger partial charge in [0, 0.05) is 5.02 Å². The number of hydrogen-bond acceptors (Lipinski definition) is 6. The van der Waals surface area contributed by atoms with E-state index in [4.69, 9.17) is 25.8 Å². The Morgan fingerprint density at radius 1 is 1.00 bits per heavy atom. The van der Waals surface area contributed by atoms with Gasteiger partial charge in [-0.1, -0.05) is 17.7 Å². The summed E-state index contributed by atoms with van der Waals surface area (Å²) in [5.74, 6) is 0.944. The van der Waals surface area contributed by atoms with Gasteiger partial charge >= 0.3 is 0 Å². The second kappa shape index (κ2) is 7.94. The Labute approximate surface area is 165 Å². The van der Waals surface area contributed by atoms with Gasteiger partial charge in [0.1, 0.15) is 0 Å². The van der Waals surface area contributed by atoms with E-state index in [1.807, 2.05) is 0 Å². The van der Waals surface area contributed by atoms with Crippen LogP contribution >= 0.6 is 23.4 Å². The first-order valence-corrected chi connectivity index (χ1v) is 9.01. The first kappa shape index (κ1) is 19.1. The minimum absolute atomic E-state index is 0.286. The molecule has 2 aromatic carbocycles. The Hall–Kier alpha value is -2.64. The molecule has 0 radical (unpaired) electrons. The Morgan fingerprint density at radius 2 is 1.67 bits per heavy atom. The molecule has 6 nitrogen and oxygen atoms in total. The van der Waals surface area contributed by atoms with Crippen molar-refractivity contribution in [2.75, 3.05) is 26.2 Å². The number of anilines is 1. The van der Waals surface area contributed by atoms with E-state index in [9.17, 15) is 9.59 Å². The van der Waals surface area contributed by atoms with Crippen LogP contribution in [0.25, 0.3) is 6.08 Å². The summed E-state index contributed by atoms with van der Waals surface area (Å²) in [6.45, 7) is 0. The molecule has 2 amide bonds. The molecule has 1 aliphatic heterocycles. The van der Waals surface area contributed by atoms with Gasteiger partial charge in [0.25, 0.3) is 11.1 Å². The van der Waals surface area contributed by atoms with E-state index in [-0.39, 0.29) is 10.1 Å². The van der Waals surface area contributed by atoms with Crippen LogP contribution in [-0.2, 0) is 4.79 Å². The summed E-state index contributed by atoms with van der Waals surface area (Å²) in [6, 6.07) is 9.99. The maximum atomic E-state index is 12.7. The highest BCUT2D eigenvalue weighted by molar-refractivity contribution is 8.19. The number of benzene rings is 2. The van der Waals surface area contributed by atoms with Crippen LogP contribution in [0.1, 0.15) is 5.56 Å². The molecule has 0 N–H and O–H groups in total. The fourth-order valence-electron chi connectivity index (χ4n) is 2.64. The minimum Gasteiger partial charge on any atom is -0.493 e. The molecule has 2 aromatic rings. The summed E-state index contributed by atoms with van der Waals surface area (Å²) in [7, 11) is 4.53. The van der Waals surface area contributed by atoms with Gasteiger partial charge in [0.05, 0.1) is 31.9 Å². The van der Waals surface area contributed by atoms with Crippen LogP contribution in [0.2, 0.25) is 5.02 Å². The highest BCUT2D eigenvalue weighted by atomic mass is 35.5. The molecule has 0 bridgehead atoms. The Bertz CT molecular complexity index is 918. The van der Waals surface area contributed by atoms with E-state index in [1.165, 1.54) is 21.3 Å². The lowest BCUT2D eigenvalue weighted by Gasteiger charge is -2.13. The molecule has 0 unspecified atom stereocenters. The molecule has 27 heavy (non-hydrogen) atoms. The number of carbonyl (C=O) groups excluding carboxylic acids is 2.